The molecular formula is C15H17FN2O2S. The molecule has 1 heterocycles. The second-order valence-corrected chi connectivity index (χ2v) is 5.74. The third kappa shape index (κ3) is 3.86. The number of rotatable bonds is 6. The molecule has 21 heavy (non-hydrogen) atoms. The lowest BCUT2D eigenvalue weighted by molar-refractivity contribution is 0.0940. The predicted molar refractivity (Wildman–Crippen MR) is 80.5 cm³/mol. The van der Waals surface area contributed by atoms with Gasteiger partial charge in [0.05, 0.1) is 30.4 Å². The third-order valence-corrected chi connectivity index (χ3v) is 4.05. The zero-order valence-electron chi connectivity index (χ0n) is 12.2. The van der Waals surface area contributed by atoms with E-state index in [2.05, 4.69) is 4.98 Å². The van der Waals surface area contributed by atoms with E-state index in [1.807, 2.05) is 18.9 Å². The topological polar surface area (TPSA) is 42.4 Å². The lowest BCUT2D eigenvalue weighted by Gasteiger charge is -2.16. The number of ether oxygens (including phenoxy) is 1. The second kappa shape index (κ2) is 6.78. The van der Waals surface area contributed by atoms with Crippen LogP contribution in [0.4, 0.5) is 4.39 Å². The van der Waals surface area contributed by atoms with E-state index in [0.29, 0.717) is 12.3 Å². The van der Waals surface area contributed by atoms with Gasteiger partial charge >= 0.3 is 0 Å². The SMILES string of the molecule is COc1ccc(F)cc1C(=O)CN(C)Cc1scnc1C. The lowest BCUT2D eigenvalue weighted by atomic mass is 10.1. The van der Waals surface area contributed by atoms with Crippen molar-refractivity contribution in [3.05, 3.63) is 45.7 Å². The molecule has 0 radical (unpaired) electrons. The Kier molecular flexibility index (Phi) is 5.03. The summed E-state index contributed by atoms with van der Waals surface area (Å²) in [5, 5.41) is 0. The van der Waals surface area contributed by atoms with E-state index in [1.165, 1.54) is 25.3 Å². The number of aromatic nitrogens is 1. The first kappa shape index (κ1) is 15.6. The molecule has 0 spiro atoms. The minimum absolute atomic E-state index is 0.170. The van der Waals surface area contributed by atoms with Crippen molar-refractivity contribution in [3.8, 4) is 5.75 Å². The van der Waals surface area contributed by atoms with Gasteiger partial charge in [-0.05, 0) is 32.2 Å². The van der Waals surface area contributed by atoms with Crippen LogP contribution in [0.25, 0.3) is 0 Å². The fourth-order valence-electron chi connectivity index (χ4n) is 2.01. The highest BCUT2D eigenvalue weighted by Crippen LogP contribution is 2.21. The Bertz CT molecular complexity index is 642. The number of hydrogen-bond donors (Lipinski definition) is 0. The van der Waals surface area contributed by atoms with Crippen molar-refractivity contribution >= 4 is 17.1 Å². The Labute approximate surface area is 127 Å². The number of likely N-dealkylation sites (N-methyl/N-ethyl adjacent to an activating group) is 1. The number of hydrogen-bond acceptors (Lipinski definition) is 5. The fraction of sp³-hybridized carbons (Fsp3) is 0.333. The van der Waals surface area contributed by atoms with Gasteiger partial charge < -0.3 is 4.74 Å². The van der Waals surface area contributed by atoms with Crippen LogP contribution in [-0.2, 0) is 6.54 Å². The highest BCUT2D eigenvalue weighted by atomic mass is 32.1. The van der Waals surface area contributed by atoms with Crippen LogP contribution in [0.2, 0.25) is 0 Å². The zero-order chi connectivity index (χ0) is 15.4. The lowest BCUT2D eigenvalue weighted by Crippen LogP contribution is -2.26. The van der Waals surface area contributed by atoms with Gasteiger partial charge in [0.15, 0.2) is 5.78 Å². The van der Waals surface area contributed by atoms with Crippen molar-refractivity contribution in [2.75, 3.05) is 20.7 Å². The zero-order valence-corrected chi connectivity index (χ0v) is 13.0. The molecule has 6 heteroatoms. The maximum Gasteiger partial charge on any atom is 0.180 e. The average molecular weight is 308 g/mol. The quantitative estimate of drug-likeness (QED) is 0.770. The summed E-state index contributed by atoms with van der Waals surface area (Å²) in [5.41, 5.74) is 3.03. The molecule has 0 bridgehead atoms. The molecule has 0 amide bonds. The molecule has 2 rings (SSSR count). The van der Waals surface area contributed by atoms with E-state index < -0.39 is 5.82 Å². The summed E-state index contributed by atoms with van der Waals surface area (Å²) in [6, 6.07) is 3.96. The molecule has 0 N–H and O–H groups in total. The smallest absolute Gasteiger partial charge is 0.180 e. The van der Waals surface area contributed by atoms with E-state index in [9.17, 15) is 9.18 Å². The van der Waals surface area contributed by atoms with Gasteiger partial charge in [-0.25, -0.2) is 9.37 Å². The number of benzene rings is 1. The predicted octanol–water partition coefficient (Wildman–Crippen LogP) is 2.91. The molecule has 1 aromatic heterocycles. The molecule has 0 aliphatic rings. The molecule has 2 aromatic rings. The first-order valence-electron chi connectivity index (χ1n) is 6.45. The van der Waals surface area contributed by atoms with Crippen LogP contribution in [0.15, 0.2) is 23.7 Å². The van der Waals surface area contributed by atoms with Crippen LogP contribution >= 0.6 is 11.3 Å². The maximum atomic E-state index is 13.3. The van der Waals surface area contributed by atoms with Gasteiger partial charge in [-0.3, -0.25) is 9.69 Å². The van der Waals surface area contributed by atoms with Gasteiger partial charge in [-0.1, -0.05) is 0 Å². The van der Waals surface area contributed by atoms with E-state index in [1.54, 1.807) is 16.8 Å². The van der Waals surface area contributed by atoms with E-state index >= 15 is 0 Å². The minimum atomic E-state index is -0.444. The molecule has 0 saturated carbocycles. The molecule has 0 fully saturated rings. The van der Waals surface area contributed by atoms with E-state index in [-0.39, 0.29) is 17.9 Å². The van der Waals surface area contributed by atoms with Crippen LogP contribution < -0.4 is 4.74 Å². The molecule has 0 unspecified atom stereocenters. The van der Waals surface area contributed by atoms with Crippen LogP contribution in [0.1, 0.15) is 20.9 Å². The normalized spacial score (nSPS) is 10.9. The van der Waals surface area contributed by atoms with Crippen molar-refractivity contribution in [2.45, 2.75) is 13.5 Å². The number of carbonyl (C=O) groups is 1. The summed E-state index contributed by atoms with van der Waals surface area (Å²) in [6.07, 6.45) is 0. The van der Waals surface area contributed by atoms with Crippen LogP contribution in [0.3, 0.4) is 0 Å². The molecule has 4 nitrogen and oxygen atoms in total. The highest BCUT2D eigenvalue weighted by Gasteiger charge is 2.16. The van der Waals surface area contributed by atoms with Gasteiger partial charge in [-0.2, -0.15) is 0 Å². The highest BCUT2D eigenvalue weighted by molar-refractivity contribution is 7.09. The summed E-state index contributed by atoms with van der Waals surface area (Å²) in [4.78, 5) is 19.5. The molecule has 112 valence electrons. The standard InChI is InChI=1S/C15H17FN2O2S/c1-10-15(21-9-17-10)8-18(2)7-13(19)12-6-11(16)4-5-14(12)20-3/h4-6,9H,7-8H2,1-3H3. The number of methoxy groups -OCH3 is 1. The summed E-state index contributed by atoms with van der Waals surface area (Å²) in [5.74, 6) is -0.222. The molecule has 0 aliphatic heterocycles. The summed E-state index contributed by atoms with van der Waals surface area (Å²) in [6.45, 7) is 2.77. The number of ketones is 1. The first-order valence-corrected chi connectivity index (χ1v) is 7.33. The Hall–Kier alpha value is -1.79. The number of halogens is 1. The summed E-state index contributed by atoms with van der Waals surface area (Å²) >= 11 is 1.56. The van der Waals surface area contributed by atoms with Gasteiger partial charge in [0.25, 0.3) is 0 Å². The molecular weight excluding hydrogens is 291 g/mol. The summed E-state index contributed by atoms with van der Waals surface area (Å²) in [7, 11) is 3.32. The maximum absolute atomic E-state index is 13.3. The van der Waals surface area contributed by atoms with Crippen LogP contribution in [0.5, 0.6) is 5.75 Å². The van der Waals surface area contributed by atoms with Gasteiger partial charge in [0, 0.05) is 11.4 Å². The monoisotopic (exact) mass is 308 g/mol. The molecule has 0 saturated heterocycles. The number of carbonyl (C=O) groups excluding carboxylic acids is 1. The molecule has 0 atom stereocenters. The first-order chi connectivity index (χ1) is 10.0. The minimum Gasteiger partial charge on any atom is -0.496 e. The van der Waals surface area contributed by atoms with Crippen molar-refractivity contribution < 1.29 is 13.9 Å². The number of Topliss-reactive ketones (excluding diaryl/α,β-unsaturated/α-hetero) is 1. The van der Waals surface area contributed by atoms with Crippen molar-refractivity contribution in [3.63, 3.8) is 0 Å². The summed E-state index contributed by atoms with van der Waals surface area (Å²) < 4.78 is 18.4. The Balaban J connectivity index is 2.07. The number of nitrogens with zero attached hydrogens (tertiary/aromatic N) is 2. The third-order valence-electron chi connectivity index (χ3n) is 3.13. The number of thiazole rings is 1. The Morgan fingerprint density at radius 2 is 2.24 bits per heavy atom. The molecule has 1 aromatic carbocycles. The Morgan fingerprint density at radius 3 is 2.86 bits per heavy atom. The van der Waals surface area contributed by atoms with Crippen LogP contribution in [0, 0.1) is 12.7 Å². The van der Waals surface area contributed by atoms with Crippen molar-refractivity contribution in [1.82, 2.24) is 9.88 Å². The van der Waals surface area contributed by atoms with E-state index in [4.69, 9.17) is 4.74 Å². The molecule has 0 aliphatic carbocycles. The van der Waals surface area contributed by atoms with Crippen LogP contribution in [-0.4, -0.2) is 36.4 Å². The van der Waals surface area contributed by atoms with Crippen molar-refractivity contribution in [1.29, 1.82) is 0 Å². The van der Waals surface area contributed by atoms with Crippen molar-refractivity contribution in [2.24, 2.45) is 0 Å². The average Bonchev–Trinajstić information content (AvgIpc) is 2.84. The van der Waals surface area contributed by atoms with Gasteiger partial charge in [-0.15, -0.1) is 11.3 Å². The Morgan fingerprint density at radius 1 is 1.48 bits per heavy atom. The number of aryl methyl sites for hydroxylation is 1. The fourth-order valence-corrected chi connectivity index (χ4v) is 2.86. The van der Waals surface area contributed by atoms with Gasteiger partial charge in [0.2, 0.25) is 0 Å². The van der Waals surface area contributed by atoms with Gasteiger partial charge in [0.1, 0.15) is 11.6 Å². The second-order valence-electron chi connectivity index (χ2n) is 4.80. The largest absolute Gasteiger partial charge is 0.496 e. The van der Waals surface area contributed by atoms with E-state index in [0.717, 1.165) is 10.6 Å².